The molecule has 0 bridgehead atoms. The van der Waals surface area contributed by atoms with Gasteiger partial charge in [-0.2, -0.15) is 0 Å². The van der Waals surface area contributed by atoms with Gasteiger partial charge in [-0.1, -0.05) is 22.8 Å². The Balaban J connectivity index is 2.24. The number of carbonyl (C=O) groups is 1. The third-order valence-electron chi connectivity index (χ3n) is 2.60. The zero-order valence-electron chi connectivity index (χ0n) is 10.3. The van der Waals surface area contributed by atoms with E-state index in [4.69, 9.17) is 16.1 Å². The monoisotopic (exact) mass is 314 g/mol. The van der Waals surface area contributed by atoms with Gasteiger partial charge in [-0.15, -0.1) is 0 Å². The number of halogens is 1. The van der Waals surface area contributed by atoms with Crippen molar-refractivity contribution in [3.05, 3.63) is 51.9 Å². The van der Waals surface area contributed by atoms with E-state index in [-0.39, 0.29) is 23.0 Å². The minimum absolute atomic E-state index is 0.142. The van der Waals surface area contributed by atoms with Gasteiger partial charge >= 0.3 is 0 Å². The molecule has 20 heavy (non-hydrogen) atoms. The number of aromatic nitrogens is 1. The van der Waals surface area contributed by atoms with Gasteiger partial charge in [0.15, 0.2) is 5.78 Å². The second-order valence-corrected chi connectivity index (χ2v) is 4.96. The van der Waals surface area contributed by atoms with Crippen LogP contribution in [0, 0.1) is 6.92 Å². The summed E-state index contributed by atoms with van der Waals surface area (Å²) in [6, 6.07) is 4.54. The second kappa shape index (κ2) is 6.27. The average molecular weight is 315 g/mol. The predicted octanol–water partition coefficient (Wildman–Crippen LogP) is 2.18. The Labute approximate surface area is 122 Å². The van der Waals surface area contributed by atoms with Crippen LogP contribution in [0.1, 0.15) is 27.2 Å². The number of hydrogen-bond acceptors (Lipinski definition) is 6. The first-order chi connectivity index (χ1) is 9.49. The van der Waals surface area contributed by atoms with Crippen LogP contribution < -0.4 is 0 Å². The summed E-state index contributed by atoms with van der Waals surface area (Å²) in [5.41, 5.74) is 1.15. The number of nitrogens with zero attached hydrogens (tertiary/aromatic N) is 1. The molecule has 0 aliphatic rings. The van der Waals surface area contributed by atoms with Crippen molar-refractivity contribution in [2.45, 2.75) is 13.5 Å². The molecule has 0 saturated carbocycles. The molecule has 1 heterocycles. The van der Waals surface area contributed by atoms with Gasteiger partial charge in [-0.3, -0.25) is 8.98 Å². The predicted molar refractivity (Wildman–Crippen MR) is 69.8 cm³/mol. The topological polar surface area (TPSA) is 92.5 Å². The van der Waals surface area contributed by atoms with Crippen LogP contribution in [0.15, 0.2) is 28.9 Å². The van der Waals surface area contributed by atoms with Gasteiger partial charge < -0.3 is 9.08 Å². The van der Waals surface area contributed by atoms with Gasteiger partial charge in [0.05, 0.1) is 34.8 Å². The van der Waals surface area contributed by atoms with Crippen LogP contribution in [0.5, 0.6) is 0 Å². The van der Waals surface area contributed by atoms with Gasteiger partial charge in [0, 0.05) is 5.56 Å². The Hall–Kier alpha value is -1.54. The molecule has 0 radical (unpaired) electrons. The van der Waals surface area contributed by atoms with Gasteiger partial charge in [0.1, 0.15) is 5.76 Å². The molecular weight excluding hydrogens is 306 g/mol. The first-order valence-corrected chi connectivity index (χ1v) is 6.83. The van der Waals surface area contributed by atoms with Gasteiger partial charge in [0.2, 0.25) is 0 Å². The van der Waals surface area contributed by atoms with E-state index in [1.54, 1.807) is 13.0 Å². The first kappa shape index (κ1) is 14.9. The molecule has 2 rings (SSSR count). The maximum Gasteiger partial charge on any atom is 0.199 e. The minimum Gasteiger partial charge on any atom is -0.750 e. The van der Waals surface area contributed by atoms with E-state index in [0.29, 0.717) is 16.9 Å². The van der Waals surface area contributed by atoms with Crippen LogP contribution >= 0.6 is 11.6 Å². The molecule has 1 aromatic carbocycles. The summed E-state index contributed by atoms with van der Waals surface area (Å²) in [4.78, 5) is 12.2. The fourth-order valence-corrected chi connectivity index (χ4v) is 2.13. The molecule has 1 aromatic heterocycles. The van der Waals surface area contributed by atoms with Crippen molar-refractivity contribution in [3.63, 3.8) is 0 Å². The van der Waals surface area contributed by atoms with Crippen molar-refractivity contribution in [2.24, 2.45) is 0 Å². The van der Waals surface area contributed by atoms with Crippen LogP contribution in [0.25, 0.3) is 0 Å². The van der Waals surface area contributed by atoms with Crippen LogP contribution in [0.4, 0.5) is 0 Å². The summed E-state index contributed by atoms with van der Waals surface area (Å²) in [5, 5.41) is 3.74. The summed E-state index contributed by atoms with van der Waals surface area (Å²) in [6.45, 7) is 1.48. The molecule has 0 fully saturated rings. The molecule has 0 aliphatic carbocycles. The molecule has 0 amide bonds. The summed E-state index contributed by atoms with van der Waals surface area (Å²) in [6.07, 6.45) is 1.32. The Bertz CT molecular complexity index is 670. The molecule has 2 aromatic rings. The van der Waals surface area contributed by atoms with Gasteiger partial charge in [0.25, 0.3) is 0 Å². The lowest BCUT2D eigenvalue weighted by molar-refractivity contribution is 0.103. The maximum atomic E-state index is 12.2. The van der Waals surface area contributed by atoms with Gasteiger partial charge in [-0.25, -0.2) is 4.21 Å². The van der Waals surface area contributed by atoms with E-state index in [9.17, 15) is 13.6 Å². The van der Waals surface area contributed by atoms with Crippen LogP contribution in [-0.4, -0.2) is 19.7 Å². The normalized spacial score (nSPS) is 12.3. The lowest BCUT2D eigenvalue weighted by Crippen LogP contribution is -2.04. The Morgan fingerprint density at radius 3 is 2.80 bits per heavy atom. The van der Waals surface area contributed by atoms with Crippen LogP contribution in [-0.2, 0) is 22.2 Å². The highest BCUT2D eigenvalue weighted by molar-refractivity contribution is 7.74. The van der Waals surface area contributed by atoms with Crippen molar-refractivity contribution >= 4 is 28.7 Å². The quantitative estimate of drug-likeness (QED) is 0.620. The number of hydrogen-bond donors (Lipinski definition) is 0. The third-order valence-corrected chi connectivity index (χ3v) is 3.22. The molecule has 0 saturated heterocycles. The summed E-state index contributed by atoms with van der Waals surface area (Å²) < 4.78 is 29.9. The molecule has 1 atom stereocenters. The van der Waals surface area contributed by atoms with Crippen molar-refractivity contribution in [2.75, 3.05) is 0 Å². The van der Waals surface area contributed by atoms with Crippen LogP contribution in [0.2, 0.25) is 5.02 Å². The lowest BCUT2D eigenvalue weighted by Gasteiger charge is -2.08. The fourth-order valence-electron chi connectivity index (χ4n) is 1.61. The Morgan fingerprint density at radius 2 is 2.25 bits per heavy atom. The Kier molecular flexibility index (Phi) is 4.66. The summed E-state index contributed by atoms with van der Waals surface area (Å²) >= 11 is 3.43. The minimum atomic E-state index is -2.59. The summed E-state index contributed by atoms with van der Waals surface area (Å²) in [5.74, 6) is 0.0915. The highest BCUT2D eigenvalue weighted by Crippen LogP contribution is 2.23. The highest BCUT2D eigenvalue weighted by Gasteiger charge is 2.18. The molecule has 6 nitrogen and oxygen atoms in total. The molecule has 1 unspecified atom stereocenters. The summed E-state index contributed by atoms with van der Waals surface area (Å²) in [7, 11) is 0. The Morgan fingerprint density at radius 1 is 1.50 bits per heavy atom. The molecular formula is C12H9ClNO5S-. The van der Waals surface area contributed by atoms with E-state index in [1.165, 1.54) is 18.3 Å². The first-order valence-electron chi connectivity index (χ1n) is 5.46. The van der Waals surface area contributed by atoms with E-state index >= 15 is 0 Å². The SMILES string of the molecule is Cc1oncc1C(=O)c1ccc(COS(=O)[O-])cc1Cl. The average Bonchev–Trinajstić information content (AvgIpc) is 2.82. The van der Waals surface area contributed by atoms with Gasteiger partial charge in [-0.05, 0) is 24.6 Å². The third kappa shape index (κ3) is 3.31. The smallest absolute Gasteiger partial charge is 0.199 e. The largest absolute Gasteiger partial charge is 0.750 e. The van der Waals surface area contributed by atoms with E-state index in [2.05, 4.69) is 9.34 Å². The fraction of sp³-hybridized carbons (Fsp3) is 0.167. The molecule has 8 heteroatoms. The number of ketones is 1. The number of benzene rings is 1. The zero-order chi connectivity index (χ0) is 14.7. The molecule has 0 N–H and O–H groups in total. The van der Waals surface area contributed by atoms with Crippen molar-refractivity contribution < 1.29 is 22.3 Å². The second-order valence-electron chi connectivity index (χ2n) is 3.91. The highest BCUT2D eigenvalue weighted by atomic mass is 35.5. The molecule has 0 spiro atoms. The van der Waals surface area contributed by atoms with Crippen molar-refractivity contribution in [3.8, 4) is 0 Å². The standard InChI is InChI=1S/C12H10ClNO5S/c1-7-10(5-14-19-7)12(15)9-3-2-8(4-11(9)13)6-18-20(16)17/h2-5H,6H2,1H3,(H,16,17)/p-1. The lowest BCUT2D eigenvalue weighted by atomic mass is 10.0. The number of rotatable bonds is 5. The van der Waals surface area contributed by atoms with Crippen molar-refractivity contribution in [1.29, 1.82) is 0 Å². The maximum absolute atomic E-state index is 12.2. The van der Waals surface area contributed by atoms with Crippen LogP contribution in [0.3, 0.4) is 0 Å². The van der Waals surface area contributed by atoms with E-state index in [0.717, 1.165) is 0 Å². The molecule has 106 valence electrons. The van der Waals surface area contributed by atoms with E-state index in [1.807, 2.05) is 0 Å². The zero-order valence-corrected chi connectivity index (χ0v) is 11.9. The number of aryl methyl sites for hydroxylation is 1. The van der Waals surface area contributed by atoms with E-state index < -0.39 is 11.4 Å². The van der Waals surface area contributed by atoms with Crippen molar-refractivity contribution in [1.82, 2.24) is 5.16 Å². The number of carbonyl (C=O) groups excluding carboxylic acids is 1. The molecule has 0 aliphatic heterocycles.